The molecule has 1 heteroatoms. The Morgan fingerprint density at radius 3 is 2.13 bits per heavy atom. The van der Waals surface area contributed by atoms with Crippen LogP contribution in [0.2, 0.25) is 0 Å². The van der Waals surface area contributed by atoms with E-state index in [-0.39, 0.29) is 5.82 Å². The number of hydrogen-bond donors (Lipinski definition) is 0. The fourth-order valence-electron chi connectivity index (χ4n) is 1.23. The second-order valence-electron chi connectivity index (χ2n) is 3.13. The molecule has 0 aliphatic rings. The number of rotatable bonds is 0. The van der Waals surface area contributed by atoms with Gasteiger partial charge in [-0.15, -0.1) is 0 Å². The maximum absolute atomic E-state index is 12.8. The van der Waals surface area contributed by atoms with Crippen LogP contribution in [-0.4, -0.2) is 0 Å². The van der Waals surface area contributed by atoms with E-state index in [1.54, 1.807) is 12.1 Å². The van der Waals surface area contributed by atoms with E-state index in [0.29, 0.717) is 5.56 Å². The number of benzene rings is 2. The molecule has 15 heavy (non-hydrogen) atoms. The molecule has 0 spiro atoms. The number of hydrogen-bond acceptors (Lipinski definition) is 0. The van der Waals surface area contributed by atoms with Gasteiger partial charge in [0.2, 0.25) is 0 Å². The molecule has 0 saturated carbocycles. The van der Waals surface area contributed by atoms with Crippen LogP contribution < -0.4 is 0 Å². The standard InChI is InChI=1S/C14H9F/c15-14-8-4-7-13(11-14)10-9-12-5-2-1-3-6-12/h1-8,11H. The number of halogens is 1. The van der Waals surface area contributed by atoms with Crippen LogP contribution in [0, 0.1) is 17.7 Å². The minimum Gasteiger partial charge on any atom is -0.207 e. The molecule has 72 valence electrons. The second kappa shape index (κ2) is 4.43. The minimum atomic E-state index is -0.255. The van der Waals surface area contributed by atoms with Crippen molar-refractivity contribution in [3.8, 4) is 11.8 Å². The lowest BCUT2D eigenvalue weighted by Crippen LogP contribution is -1.77. The van der Waals surface area contributed by atoms with Gasteiger partial charge in [-0.05, 0) is 30.3 Å². The van der Waals surface area contributed by atoms with Gasteiger partial charge in [0.1, 0.15) is 5.82 Å². The molecule has 0 unspecified atom stereocenters. The van der Waals surface area contributed by atoms with Gasteiger partial charge >= 0.3 is 0 Å². The Hall–Kier alpha value is -2.07. The van der Waals surface area contributed by atoms with E-state index in [0.717, 1.165) is 5.56 Å². The molecule has 2 rings (SSSR count). The molecule has 0 aromatic heterocycles. The maximum atomic E-state index is 12.8. The summed E-state index contributed by atoms with van der Waals surface area (Å²) in [5, 5.41) is 0. The van der Waals surface area contributed by atoms with Gasteiger partial charge in [0.15, 0.2) is 0 Å². The fraction of sp³-hybridized carbons (Fsp3) is 0. The molecule has 0 nitrogen and oxygen atoms in total. The highest BCUT2D eigenvalue weighted by atomic mass is 19.1. The van der Waals surface area contributed by atoms with Gasteiger partial charge in [-0.3, -0.25) is 0 Å². The van der Waals surface area contributed by atoms with E-state index in [1.807, 2.05) is 30.3 Å². The van der Waals surface area contributed by atoms with Crippen LogP contribution in [0.5, 0.6) is 0 Å². The van der Waals surface area contributed by atoms with Crippen molar-refractivity contribution in [3.05, 3.63) is 71.5 Å². The van der Waals surface area contributed by atoms with Crippen LogP contribution in [0.3, 0.4) is 0 Å². The molecule has 0 saturated heterocycles. The lowest BCUT2D eigenvalue weighted by Gasteiger charge is -1.90. The minimum absolute atomic E-state index is 0.255. The third-order valence-electron chi connectivity index (χ3n) is 1.95. The average molecular weight is 196 g/mol. The molecule has 0 heterocycles. The fourth-order valence-corrected chi connectivity index (χ4v) is 1.23. The van der Waals surface area contributed by atoms with E-state index in [2.05, 4.69) is 11.8 Å². The van der Waals surface area contributed by atoms with Gasteiger partial charge < -0.3 is 0 Å². The summed E-state index contributed by atoms with van der Waals surface area (Å²) in [6.07, 6.45) is 0. The van der Waals surface area contributed by atoms with Crippen molar-refractivity contribution in [1.82, 2.24) is 0 Å². The smallest absolute Gasteiger partial charge is 0.124 e. The molecular formula is C14H9F. The third kappa shape index (κ3) is 2.69. The van der Waals surface area contributed by atoms with E-state index < -0.39 is 0 Å². The molecule has 0 radical (unpaired) electrons. The van der Waals surface area contributed by atoms with Crippen molar-refractivity contribution in [2.75, 3.05) is 0 Å². The largest absolute Gasteiger partial charge is 0.207 e. The van der Waals surface area contributed by atoms with Crippen LogP contribution >= 0.6 is 0 Å². The van der Waals surface area contributed by atoms with Crippen molar-refractivity contribution in [2.24, 2.45) is 0 Å². The van der Waals surface area contributed by atoms with Gasteiger partial charge in [-0.2, -0.15) is 0 Å². The highest BCUT2D eigenvalue weighted by Gasteiger charge is 1.89. The Kier molecular flexibility index (Phi) is 2.80. The molecular weight excluding hydrogens is 187 g/mol. The molecule has 0 bridgehead atoms. The average Bonchev–Trinajstić information content (AvgIpc) is 2.28. The predicted molar refractivity (Wildman–Crippen MR) is 58.8 cm³/mol. The van der Waals surface area contributed by atoms with Crippen LogP contribution in [0.25, 0.3) is 0 Å². The first-order valence-corrected chi connectivity index (χ1v) is 4.67. The second-order valence-corrected chi connectivity index (χ2v) is 3.13. The summed E-state index contributed by atoms with van der Waals surface area (Å²) < 4.78 is 12.8. The van der Waals surface area contributed by atoms with Crippen LogP contribution in [0.1, 0.15) is 11.1 Å². The van der Waals surface area contributed by atoms with Gasteiger partial charge in [0, 0.05) is 11.1 Å². The van der Waals surface area contributed by atoms with Crippen molar-refractivity contribution in [3.63, 3.8) is 0 Å². The van der Waals surface area contributed by atoms with Gasteiger partial charge in [-0.1, -0.05) is 36.1 Å². The summed E-state index contributed by atoms with van der Waals surface area (Å²) in [7, 11) is 0. The van der Waals surface area contributed by atoms with Crippen LogP contribution in [0.15, 0.2) is 54.6 Å². The molecule has 2 aromatic carbocycles. The zero-order valence-electron chi connectivity index (χ0n) is 8.07. The Labute approximate surface area is 88.4 Å². The summed E-state index contributed by atoms with van der Waals surface area (Å²) in [6, 6.07) is 15.9. The third-order valence-corrected chi connectivity index (χ3v) is 1.95. The van der Waals surface area contributed by atoms with Gasteiger partial charge in [-0.25, -0.2) is 4.39 Å². The monoisotopic (exact) mass is 196 g/mol. The topological polar surface area (TPSA) is 0 Å². The lowest BCUT2D eigenvalue weighted by atomic mass is 10.2. The molecule has 2 aromatic rings. The van der Waals surface area contributed by atoms with Crippen molar-refractivity contribution < 1.29 is 4.39 Å². The zero-order valence-corrected chi connectivity index (χ0v) is 8.07. The van der Waals surface area contributed by atoms with Crippen molar-refractivity contribution in [1.29, 1.82) is 0 Å². The Balaban J connectivity index is 2.26. The normalized spacial score (nSPS) is 9.13. The molecule has 0 atom stereocenters. The first-order chi connectivity index (χ1) is 7.34. The first-order valence-electron chi connectivity index (χ1n) is 4.67. The molecule has 0 aliphatic heterocycles. The lowest BCUT2D eigenvalue weighted by molar-refractivity contribution is 0.627. The van der Waals surface area contributed by atoms with E-state index >= 15 is 0 Å². The van der Waals surface area contributed by atoms with Gasteiger partial charge in [0.25, 0.3) is 0 Å². The molecule has 0 aliphatic carbocycles. The van der Waals surface area contributed by atoms with E-state index in [9.17, 15) is 4.39 Å². The summed E-state index contributed by atoms with van der Waals surface area (Å²) in [4.78, 5) is 0. The quantitative estimate of drug-likeness (QED) is 0.567. The van der Waals surface area contributed by atoms with Crippen LogP contribution in [0.4, 0.5) is 4.39 Å². The summed E-state index contributed by atoms with van der Waals surface area (Å²) in [5.74, 6) is 5.63. The van der Waals surface area contributed by atoms with E-state index in [1.165, 1.54) is 12.1 Å². The Morgan fingerprint density at radius 2 is 1.40 bits per heavy atom. The highest BCUT2D eigenvalue weighted by Crippen LogP contribution is 2.02. The summed E-state index contributed by atoms with van der Waals surface area (Å²) >= 11 is 0. The van der Waals surface area contributed by atoms with Gasteiger partial charge in [0.05, 0.1) is 0 Å². The highest BCUT2D eigenvalue weighted by molar-refractivity contribution is 5.42. The van der Waals surface area contributed by atoms with Crippen molar-refractivity contribution >= 4 is 0 Å². The molecule has 0 amide bonds. The molecule has 0 N–H and O–H groups in total. The summed E-state index contributed by atoms with van der Waals surface area (Å²) in [5.41, 5.74) is 1.63. The SMILES string of the molecule is Fc1cccc(C#Cc2ccccc2)c1. The first kappa shape index (κ1) is 9.48. The van der Waals surface area contributed by atoms with Crippen LogP contribution in [-0.2, 0) is 0 Å². The van der Waals surface area contributed by atoms with E-state index in [4.69, 9.17) is 0 Å². The predicted octanol–water partition coefficient (Wildman–Crippen LogP) is 3.23. The summed E-state index contributed by atoms with van der Waals surface area (Å²) in [6.45, 7) is 0. The zero-order chi connectivity index (χ0) is 10.5. The maximum Gasteiger partial charge on any atom is 0.124 e. The Bertz CT molecular complexity index is 504. The van der Waals surface area contributed by atoms with Crippen molar-refractivity contribution in [2.45, 2.75) is 0 Å². The molecule has 0 fully saturated rings. The Morgan fingerprint density at radius 1 is 0.733 bits per heavy atom.